The molecule has 6 heteroatoms. The van der Waals surface area contributed by atoms with Gasteiger partial charge in [0, 0.05) is 15.6 Å². The van der Waals surface area contributed by atoms with Gasteiger partial charge in [0.05, 0.1) is 18.2 Å². The second-order valence-corrected chi connectivity index (χ2v) is 7.61. The Labute approximate surface area is 186 Å². The zero-order valence-corrected chi connectivity index (χ0v) is 18.2. The third kappa shape index (κ3) is 5.62. The SMILES string of the molecule is CCOC(=O)NN=C(c1cccc(Cl)c1)C(c1ccc(C)cc1)c1ccc(Cl)cc1. The summed E-state index contributed by atoms with van der Waals surface area (Å²) in [5, 5.41) is 5.68. The van der Waals surface area contributed by atoms with Crippen LogP contribution in [0.1, 0.15) is 35.1 Å². The van der Waals surface area contributed by atoms with Gasteiger partial charge in [-0.15, -0.1) is 0 Å². The van der Waals surface area contributed by atoms with Gasteiger partial charge in [0.1, 0.15) is 0 Å². The molecule has 0 radical (unpaired) electrons. The number of ether oxygens (including phenoxy) is 1. The number of nitrogens with zero attached hydrogens (tertiary/aromatic N) is 1. The first-order valence-electron chi connectivity index (χ1n) is 9.56. The van der Waals surface area contributed by atoms with Crippen LogP contribution in [0.25, 0.3) is 0 Å². The number of rotatable bonds is 6. The fourth-order valence-corrected chi connectivity index (χ4v) is 3.45. The van der Waals surface area contributed by atoms with Crippen molar-refractivity contribution in [1.29, 1.82) is 0 Å². The van der Waals surface area contributed by atoms with Crippen LogP contribution in [0.3, 0.4) is 0 Å². The highest BCUT2D eigenvalue weighted by Gasteiger charge is 2.23. The second kappa shape index (κ2) is 10.3. The molecule has 0 aliphatic rings. The van der Waals surface area contributed by atoms with Crippen molar-refractivity contribution in [3.63, 3.8) is 0 Å². The van der Waals surface area contributed by atoms with Crippen LogP contribution in [0, 0.1) is 6.92 Å². The summed E-state index contributed by atoms with van der Waals surface area (Å²) >= 11 is 12.4. The molecular formula is C24H22Cl2N2O2. The fraction of sp³-hybridized carbons (Fsp3) is 0.167. The molecule has 4 nitrogen and oxygen atoms in total. The Balaban J connectivity index is 2.16. The molecule has 30 heavy (non-hydrogen) atoms. The lowest BCUT2D eigenvalue weighted by Crippen LogP contribution is -2.24. The first-order chi connectivity index (χ1) is 14.5. The van der Waals surface area contributed by atoms with Gasteiger partial charge in [-0.3, -0.25) is 0 Å². The third-order valence-electron chi connectivity index (χ3n) is 4.55. The van der Waals surface area contributed by atoms with Gasteiger partial charge in [0.2, 0.25) is 0 Å². The van der Waals surface area contributed by atoms with Crippen molar-refractivity contribution in [3.8, 4) is 0 Å². The zero-order chi connectivity index (χ0) is 21.5. The van der Waals surface area contributed by atoms with E-state index in [-0.39, 0.29) is 12.5 Å². The van der Waals surface area contributed by atoms with Gasteiger partial charge in [-0.05, 0) is 49.2 Å². The molecule has 1 unspecified atom stereocenters. The van der Waals surface area contributed by atoms with E-state index >= 15 is 0 Å². The monoisotopic (exact) mass is 440 g/mol. The molecule has 0 heterocycles. The Morgan fingerprint density at radius 2 is 1.60 bits per heavy atom. The van der Waals surface area contributed by atoms with Gasteiger partial charge in [-0.2, -0.15) is 5.10 Å². The van der Waals surface area contributed by atoms with E-state index in [9.17, 15) is 4.79 Å². The molecule has 1 N–H and O–H groups in total. The lowest BCUT2D eigenvalue weighted by molar-refractivity contribution is 0.152. The molecule has 0 saturated heterocycles. The highest BCUT2D eigenvalue weighted by atomic mass is 35.5. The van der Waals surface area contributed by atoms with Crippen molar-refractivity contribution in [3.05, 3.63) is 105 Å². The molecule has 1 atom stereocenters. The molecule has 0 saturated carbocycles. The molecule has 0 bridgehead atoms. The molecule has 0 fully saturated rings. The summed E-state index contributed by atoms with van der Waals surface area (Å²) in [4.78, 5) is 11.9. The van der Waals surface area contributed by atoms with E-state index in [0.29, 0.717) is 15.8 Å². The normalized spacial score (nSPS) is 12.3. The van der Waals surface area contributed by atoms with E-state index in [1.165, 1.54) is 0 Å². The number of nitrogens with one attached hydrogen (secondary N) is 1. The largest absolute Gasteiger partial charge is 0.449 e. The number of hydrogen-bond acceptors (Lipinski definition) is 3. The van der Waals surface area contributed by atoms with E-state index in [4.69, 9.17) is 27.9 Å². The molecule has 3 aromatic carbocycles. The summed E-state index contributed by atoms with van der Waals surface area (Å²) in [5.41, 5.74) is 7.08. The summed E-state index contributed by atoms with van der Waals surface area (Å²) in [6, 6.07) is 23.2. The minimum absolute atomic E-state index is 0.256. The average molecular weight is 441 g/mol. The van der Waals surface area contributed by atoms with Crippen molar-refractivity contribution < 1.29 is 9.53 Å². The average Bonchev–Trinajstić information content (AvgIpc) is 2.73. The number of amides is 1. The second-order valence-electron chi connectivity index (χ2n) is 6.73. The van der Waals surface area contributed by atoms with E-state index in [1.807, 2.05) is 61.5 Å². The molecular weight excluding hydrogens is 419 g/mol. The van der Waals surface area contributed by atoms with Crippen molar-refractivity contribution in [2.24, 2.45) is 5.10 Å². The highest BCUT2D eigenvalue weighted by molar-refractivity contribution is 6.31. The van der Waals surface area contributed by atoms with Crippen LogP contribution >= 0.6 is 23.2 Å². The first-order valence-corrected chi connectivity index (χ1v) is 10.3. The van der Waals surface area contributed by atoms with Crippen molar-refractivity contribution in [2.45, 2.75) is 19.8 Å². The van der Waals surface area contributed by atoms with Crippen molar-refractivity contribution in [2.75, 3.05) is 6.61 Å². The predicted molar refractivity (Wildman–Crippen MR) is 123 cm³/mol. The minimum atomic E-state index is -0.615. The van der Waals surface area contributed by atoms with E-state index in [2.05, 4.69) is 22.7 Å². The number of carbonyl (C=O) groups is 1. The number of hydrogen-bond donors (Lipinski definition) is 1. The van der Waals surface area contributed by atoms with E-state index < -0.39 is 6.09 Å². The standard InChI is InChI=1S/C24H22Cl2N2O2/c1-3-30-24(29)28-27-23(19-5-4-6-21(26)15-19)22(17-9-7-16(2)8-10-17)18-11-13-20(25)14-12-18/h4-15,22H,3H2,1-2H3,(H,28,29). The Morgan fingerprint density at radius 3 is 2.20 bits per heavy atom. The lowest BCUT2D eigenvalue weighted by Gasteiger charge is -2.21. The zero-order valence-electron chi connectivity index (χ0n) is 16.7. The summed E-state index contributed by atoms with van der Waals surface area (Å²) in [6.45, 7) is 4.03. The van der Waals surface area contributed by atoms with Gasteiger partial charge >= 0.3 is 6.09 Å². The van der Waals surface area contributed by atoms with Crippen molar-refractivity contribution in [1.82, 2.24) is 5.43 Å². The van der Waals surface area contributed by atoms with Gasteiger partial charge < -0.3 is 4.74 Å². The number of benzene rings is 3. The number of aryl methyl sites for hydroxylation is 1. The van der Waals surface area contributed by atoms with Crippen LogP contribution in [0.15, 0.2) is 77.9 Å². The van der Waals surface area contributed by atoms with Gasteiger partial charge in [0.15, 0.2) is 0 Å². The van der Waals surface area contributed by atoms with Gasteiger partial charge in [-0.25, -0.2) is 10.2 Å². The van der Waals surface area contributed by atoms with Crippen LogP contribution < -0.4 is 5.43 Å². The smallest absolute Gasteiger partial charge is 0.427 e. The summed E-state index contributed by atoms with van der Waals surface area (Å²) < 4.78 is 4.97. The van der Waals surface area contributed by atoms with Crippen molar-refractivity contribution >= 4 is 35.0 Å². The Kier molecular flexibility index (Phi) is 7.50. The van der Waals surface area contributed by atoms with Crippen LogP contribution in [-0.4, -0.2) is 18.4 Å². The van der Waals surface area contributed by atoms with E-state index in [1.54, 1.807) is 13.0 Å². The summed E-state index contributed by atoms with van der Waals surface area (Å²) in [5.74, 6) is -0.261. The highest BCUT2D eigenvalue weighted by Crippen LogP contribution is 2.31. The van der Waals surface area contributed by atoms with Gasteiger partial charge in [-0.1, -0.05) is 77.3 Å². The summed E-state index contributed by atoms with van der Waals surface area (Å²) in [6.07, 6.45) is -0.615. The van der Waals surface area contributed by atoms with Crippen LogP contribution in [-0.2, 0) is 4.74 Å². The maximum Gasteiger partial charge on any atom is 0.427 e. The first kappa shape index (κ1) is 21.9. The van der Waals surface area contributed by atoms with E-state index in [0.717, 1.165) is 22.3 Å². The molecule has 1 amide bonds. The van der Waals surface area contributed by atoms with Crippen LogP contribution in [0.5, 0.6) is 0 Å². The molecule has 0 aromatic heterocycles. The molecule has 0 spiro atoms. The molecule has 3 aromatic rings. The Bertz CT molecular complexity index is 986. The topological polar surface area (TPSA) is 50.7 Å². The quantitative estimate of drug-likeness (QED) is 0.347. The maximum atomic E-state index is 11.9. The molecule has 0 aliphatic carbocycles. The Hall–Kier alpha value is -2.82. The predicted octanol–water partition coefficient (Wildman–Crippen LogP) is 6.58. The molecule has 154 valence electrons. The van der Waals surface area contributed by atoms with Crippen LogP contribution in [0.4, 0.5) is 4.79 Å². The number of halogens is 2. The van der Waals surface area contributed by atoms with Gasteiger partial charge in [0.25, 0.3) is 0 Å². The Morgan fingerprint density at radius 1 is 0.967 bits per heavy atom. The number of carbonyl (C=O) groups excluding carboxylic acids is 1. The third-order valence-corrected chi connectivity index (χ3v) is 5.04. The molecule has 0 aliphatic heterocycles. The molecule has 3 rings (SSSR count). The lowest BCUT2D eigenvalue weighted by atomic mass is 9.84. The number of hydrazone groups is 1. The minimum Gasteiger partial charge on any atom is -0.449 e. The fourth-order valence-electron chi connectivity index (χ4n) is 3.14. The maximum absolute atomic E-state index is 11.9. The van der Waals surface area contributed by atoms with Crippen LogP contribution in [0.2, 0.25) is 10.0 Å². The summed E-state index contributed by atoms with van der Waals surface area (Å²) in [7, 11) is 0.